The van der Waals surface area contributed by atoms with Gasteiger partial charge in [0.05, 0.1) is 24.3 Å². The Balaban J connectivity index is 1.72. The van der Waals surface area contributed by atoms with E-state index < -0.39 is 0 Å². The predicted octanol–water partition coefficient (Wildman–Crippen LogP) is 0.665. The van der Waals surface area contributed by atoms with E-state index in [0.717, 1.165) is 5.56 Å². The van der Waals surface area contributed by atoms with E-state index in [1.54, 1.807) is 17.0 Å². The highest BCUT2D eigenvalue weighted by molar-refractivity contribution is 8.00. The molecule has 1 saturated heterocycles. The Morgan fingerprint density at radius 2 is 2.05 bits per heavy atom. The number of hydrogen-bond donors (Lipinski definition) is 1. The molecule has 1 heterocycles. The molecule has 118 valence electrons. The van der Waals surface area contributed by atoms with Gasteiger partial charge in [-0.05, 0) is 24.1 Å². The van der Waals surface area contributed by atoms with Crippen molar-refractivity contribution >= 4 is 29.5 Å². The van der Waals surface area contributed by atoms with E-state index in [4.69, 9.17) is 0 Å². The van der Waals surface area contributed by atoms with Crippen LogP contribution in [-0.4, -0.2) is 54.5 Å². The molecule has 1 aliphatic heterocycles. The first-order valence-electron chi connectivity index (χ1n) is 6.89. The summed E-state index contributed by atoms with van der Waals surface area (Å²) in [6.45, 7) is 0.610. The molecular weight excluding hydrogens is 304 g/mol. The summed E-state index contributed by atoms with van der Waals surface area (Å²) in [6, 6.07) is 7.06. The monoisotopic (exact) mass is 322 g/mol. The Bertz CT molecular complexity index is 559. The van der Waals surface area contributed by atoms with Crippen molar-refractivity contribution in [1.82, 2.24) is 10.2 Å². The van der Waals surface area contributed by atoms with E-state index in [-0.39, 0.29) is 24.3 Å². The standard InChI is InChI=1S/C15H18N2O4S/c1-21-15(20)12-4-2-11(3-5-12)6-7-16-13(18)8-17-10-22-9-14(17)19/h2-5H,6-10H2,1H3,(H,16,18). The summed E-state index contributed by atoms with van der Waals surface area (Å²) in [6.07, 6.45) is 0.663. The van der Waals surface area contributed by atoms with Gasteiger partial charge in [-0.25, -0.2) is 4.79 Å². The second-order valence-corrected chi connectivity index (χ2v) is 5.81. The van der Waals surface area contributed by atoms with Gasteiger partial charge in [0.2, 0.25) is 11.8 Å². The van der Waals surface area contributed by atoms with Crippen LogP contribution in [-0.2, 0) is 20.7 Å². The largest absolute Gasteiger partial charge is 0.465 e. The molecule has 0 bridgehead atoms. The van der Waals surface area contributed by atoms with Crippen molar-refractivity contribution in [2.75, 3.05) is 31.8 Å². The fourth-order valence-corrected chi connectivity index (χ4v) is 2.95. The fraction of sp³-hybridized carbons (Fsp3) is 0.400. The zero-order valence-electron chi connectivity index (χ0n) is 12.3. The summed E-state index contributed by atoms with van der Waals surface area (Å²) in [4.78, 5) is 36.0. The van der Waals surface area contributed by atoms with Crippen LogP contribution in [0.25, 0.3) is 0 Å². The maximum Gasteiger partial charge on any atom is 0.337 e. The fourth-order valence-electron chi connectivity index (χ4n) is 2.04. The maximum absolute atomic E-state index is 11.7. The van der Waals surface area contributed by atoms with Crippen molar-refractivity contribution in [3.05, 3.63) is 35.4 Å². The Kier molecular flexibility index (Phi) is 5.83. The number of amides is 2. The number of benzene rings is 1. The van der Waals surface area contributed by atoms with Crippen LogP contribution in [0.15, 0.2) is 24.3 Å². The number of carbonyl (C=O) groups excluding carboxylic acids is 3. The van der Waals surface area contributed by atoms with Crippen LogP contribution in [0.4, 0.5) is 0 Å². The van der Waals surface area contributed by atoms with Crippen molar-refractivity contribution in [2.45, 2.75) is 6.42 Å². The molecule has 1 aromatic rings. The van der Waals surface area contributed by atoms with E-state index in [9.17, 15) is 14.4 Å². The third-order valence-corrected chi connectivity index (χ3v) is 4.22. The number of methoxy groups -OCH3 is 1. The van der Waals surface area contributed by atoms with Gasteiger partial charge in [0.1, 0.15) is 6.54 Å². The number of hydrogen-bond acceptors (Lipinski definition) is 5. The third kappa shape index (κ3) is 4.49. The minimum atomic E-state index is -0.368. The number of nitrogens with one attached hydrogen (secondary N) is 1. The molecule has 2 amide bonds. The molecule has 1 aliphatic rings. The lowest BCUT2D eigenvalue weighted by atomic mass is 10.1. The van der Waals surface area contributed by atoms with Crippen molar-refractivity contribution in [3.8, 4) is 0 Å². The molecule has 0 aliphatic carbocycles. The summed E-state index contributed by atoms with van der Waals surface area (Å²) in [7, 11) is 1.34. The van der Waals surface area contributed by atoms with Gasteiger partial charge >= 0.3 is 5.97 Å². The Morgan fingerprint density at radius 3 is 2.64 bits per heavy atom. The average molecular weight is 322 g/mol. The van der Waals surface area contributed by atoms with Gasteiger partial charge in [-0.1, -0.05) is 12.1 Å². The highest BCUT2D eigenvalue weighted by atomic mass is 32.2. The minimum absolute atomic E-state index is 0.0125. The van der Waals surface area contributed by atoms with E-state index in [0.29, 0.717) is 30.2 Å². The normalized spacial score (nSPS) is 14.0. The van der Waals surface area contributed by atoms with Crippen molar-refractivity contribution < 1.29 is 19.1 Å². The Labute approximate surface area is 133 Å². The van der Waals surface area contributed by atoms with Gasteiger partial charge in [-0.2, -0.15) is 0 Å². The van der Waals surface area contributed by atoms with Crippen LogP contribution in [0.2, 0.25) is 0 Å². The van der Waals surface area contributed by atoms with E-state index in [2.05, 4.69) is 10.1 Å². The van der Waals surface area contributed by atoms with Gasteiger partial charge in [0.15, 0.2) is 0 Å². The Morgan fingerprint density at radius 1 is 1.32 bits per heavy atom. The molecule has 1 fully saturated rings. The molecular formula is C15H18N2O4S. The minimum Gasteiger partial charge on any atom is -0.465 e. The highest BCUT2D eigenvalue weighted by Crippen LogP contribution is 2.13. The number of ether oxygens (including phenoxy) is 1. The van der Waals surface area contributed by atoms with Gasteiger partial charge < -0.3 is 15.0 Å². The molecule has 0 atom stereocenters. The first kappa shape index (κ1) is 16.4. The molecule has 2 rings (SSSR count). The molecule has 0 radical (unpaired) electrons. The first-order chi connectivity index (χ1) is 10.6. The smallest absolute Gasteiger partial charge is 0.337 e. The van der Waals surface area contributed by atoms with Crippen LogP contribution in [0.1, 0.15) is 15.9 Å². The van der Waals surface area contributed by atoms with Crippen molar-refractivity contribution in [3.63, 3.8) is 0 Å². The number of esters is 1. The van der Waals surface area contributed by atoms with Gasteiger partial charge in [0.25, 0.3) is 0 Å². The van der Waals surface area contributed by atoms with Crippen LogP contribution in [0.3, 0.4) is 0 Å². The molecule has 22 heavy (non-hydrogen) atoms. The summed E-state index contributed by atoms with van der Waals surface area (Å²) in [5, 5.41) is 2.79. The lowest BCUT2D eigenvalue weighted by molar-refractivity contribution is -0.132. The zero-order chi connectivity index (χ0) is 15.9. The van der Waals surface area contributed by atoms with Crippen molar-refractivity contribution in [1.29, 1.82) is 0 Å². The molecule has 0 saturated carbocycles. The molecule has 0 unspecified atom stereocenters. The van der Waals surface area contributed by atoms with Crippen LogP contribution < -0.4 is 5.32 Å². The van der Waals surface area contributed by atoms with E-state index in [1.807, 2.05) is 12.1 Å². The molecule has 1 aromatic carbocycles. The topological polar surface area (TPSA) is 75.7 Å². The lowest BCUT2D eigenvalue weighted by Gasteiger charge is -2.14. The third-order valence-electron chi connectivity index (χ3n) is 3.27. The Hall–Kier alpha value is -2.02. The lowest BCUT2D eigenvalue weighted by Crippen LogP contribution is -2.38. The molecule has 7 heteroatoms. The van der Waals surface area contributed by atoms with Gasteiger partial charge in [0, 0.05) is 6.54 Å². The van der Waals surface area contributed by atoms with E-state index in [1.165, 1.54) is 18.9 Å². The quantitative estimate of drug-likeness (QED) is 0.779. The second-order valence-electron chi connectivity index (χ2n) is 4.86. The number of rotatable bonds is 6. The SMILES string of the molecule is COC(=O)c1ccc(CCNC(=O)CN2CSCC2=O)cc1. The first-order valence-corrected chi connectivity index (χ1v) is 8.05. The maximum atomic E-state index is 11.7. The predicted molar refractivity (Wildman–Crippen MR) is 83.5 cm³/mol. The van der Waals surface area contributed by atoms with E-state index >= 15 is 0 Å². The second kappa shape index (κ2) is 7.84. The average Bonchev–Trinajstić information content (AvgIpc) is 2.92. The van der Waals surface area contributed by atoms with Crippen molar-refractivity contribution in [2.24, 2.45) is 0 Å². The zero-order valence-corrected chi connectivity index (χ0v) is 13.1. The van der Waals surface area contributed by atoms with Gasteiger partial charge in [-0.15, -0.1) is 11.8 Å². The summed E-state index contributed by atoms with van der Waals surface area (Å²) in [5.74, 6) is 0.537. The van der Waals surface area contributed by atoms with Crippen LogP contribution >= 0.6 is 11.8 Å². The number of carbonyl (C=O) groups is 3. The molecule has 1 N–H and O–H groups in total. The van der Waals surface area contributed by atoms with Crippen LogP contribution in [0, 0.1) is 0 Å². The van der Waals surface area contributed by atoms with Gasteiger partial charge in [-0.3, -0.25) is 9.59 Å². The van der Waals surface area contributed by atoms with Crippen LogP contribution in [0.5, 0.6) is 0 Å². The molecule has 6 nitrogen and oxygen atoms in total. The number of nitrogens with zero attached hydrogens (tertiary/aromatic N) is 1. The molecule has 0 aromatic heterocycles. The summed E-state index contributed by atoms with van der Waals surface area (Å²) in [5.41, 5.74) is 1.51. The summed E-state index contributed by atoms with van der Waals surface area (Å²) < 4.78 is 4.63. The summed E-state index contributed by atoms with van der Waals surface area (Å²) >= 11 is 1.52. The number of thioether (sulfide) groups is 1. The molecule has 0 spiro atoms. The highest BCUT2D eigenvalue weighted by Gasteiger charge is 2.22.